The van der Waals surface area contributed by atoms with Gasteiger partial charge in [-0.1, -0.05) is 11.6 Å². The number of hydrogen-bond donors (Lipinski definition) is 1. The number of aromatic nitrogens is 2. The quantitative estimate of drug-likeness (QED) is 0.261. The highest BCUT2D eigenvalue weighted by Crippen LogP contribution is 2.31. The summed E-state index contributed by atoms with van der Waals surface area (Å²) in [5.74, 6) is -3.39. The number of ether oxygens (including phenoxy) is 2. The number of carbonyl (C=O) groups is 2. The Morgan fingerprint density at radius 2 is 1.85 bits per heavy atom. The molecular weight excluding hydrogens is 494 g/mol. The van der Waals surface area contributed by atoms with E-state index in [4.69, 9.17) is 16.3 Å². The fourth-order valence-electron chi connectivity index (χ4n) is 2.76. The summed E-state index contributed by atoms with van der Waals surface area (Å²) in [6, 6.07) is 1.49. The highest BCUT2D eigenvalue weighted by molar-refractivity contribution is 6.32. The lowest BCUT2D eigenvalue weighted by atomic mass is 10.2. The summed E-state index contributed by atoms with van der Waals surface area (Å²) in [5, 5.41) is 9.54. The minimum absolute atomic E-state index is 0.118. The first-order chi connectivity index (χ1) is 15.7. The number of hydroxylamine groups is 2. The molecule has 0 bridgehead atoms. The van der Waals surface area contributed by atoms with Gasteiger partial charge in [0.15, 0.2) is 6.10 Å². The number of amides is 1. The Hall–Kier alpha value is -3.39. The molecule has 10 nitrogen and oxygen atoms in total. The molecule has 0 spiro atoms. The molecule has 15 heteroatoms. The highest BCUT2D eigenvalue weighted by atomic mass is 35.5. The van der Waals surface area contributed by atoms with Crippen molar-refractivity contribution in [1.29, 1.82) is 0 Å². The van der Waals surface area contributed by atoms with Crippen LogP contribution in [0, 0.1) is 5.82 Å². The highest BCUT2D eigenvalue weighted by Gasteiger charge is 2.35. The molecule has 186 valence electrons. The van der Waals surface area contributed by atoms with Crippen molar-refractivity contribution in [3.63, 3.8) is 0 Å². The van der Waals surface area contributed by atoms with Crippen molar-refractivity contribution >= 4 is 23.5 Å². The van der Waals surface area contributed by atoms with E-state index >= 15 is 0 Å². The Bertz CT molecular complexity index is 1230. The number of alkyl halides is 3. The van der Waals surface area contributed by atoms with E-state index in [1.807, 2.05) is 0 Å². The zero-order valence-corrected chi connectivity index (χ0v) is 18.6. The lowest BCUT2D eigenvalue weighted by Gasteiger charge is -2.21. The molecule has 1 amide bonds. The summed E-state index contributed by atoms with van der Waals surface area (Å²) in [4.78, 5) is 48.1. The summed E-state index contributed by atoms with van der Waals surface area (Å²) in [5.41, 5.74) is -5.31. The molecule has 1 atom stereocenters. The summed E-state index contributed by atoms with van der Waals surface area (Å²) >= 11 is 5.90. The van der Waals surface area contributed by atoms with Gasteiger partial charge < -0.3 is 9.47 Å². The molecule has 0 aliphatic heterocycles. The molecule has 0 aliphatic carbocycles. The smallest absolute Gasteiger partial charge is 0.431 e. The third-order valence-corrected chi connectivity index (χ3v) is 4.81. The molecule has 0 fully saturated rings. The van der Waals surface area contributed by atoms with Crippen LogP contribution in [-0.2, 0) is 27.5 Å². The zero-order valence-electron chi connectivity index (χ0n) is 17.9. The molecule has 1 unspecified atom stereocenters. The van der Waals surface area contributed by atoms with Crippen molar-refractivity contribution in [2.75, 3.05) is 13.7 Å². The molecule has 2 aromatic rings. The van der Waals surface area contributed by atoms with Gasteiger partial charge in [-0.25, -0.2) is 18.8 Å². The lowest BCUT2D eigenvalue weighted by Crippen LogP contribution is -2.41. The third-order valence-electron chi connectivity index (χ3n) is 4.51. The van der Waals surface area contributed by atoms with Gasteiger partial charge in [0, 0.05) is 19.2 Å². The molecule has 2 rings (SSSR count). The van der Waals surface area contributed by atoms with Crippen LogP contribution in [-0.4, -0.2) is 51.0 Å². The topological polar surface area (TPSA) is 120 Å². The van der Waals surface area contributed by atoms with Gasteiger partial charge in [0.05, 0.1) is 30.8 Å². The summed E-state index contributed by atoms with van der Waals surface area (Å²) in [6.07, 6.45) is -6.79. The van der Waals surface area contributed by atoms with Gasteiger partial charge in [0.25, 0.3) is 11.5 Å². The van der Waals surface area contributed by atoms with Crippen molar-refractivity contribution in [3.8, 4) is 11.4 Å². The monoisotopic (exact) mass is 511 g/mol. The van der Waals surface area contributed by atoms with E-state index in [-0.39, 0.29) is 26.7 Å². The Morgan fingerprint density at radius 3 is 2.41 bits per heavy atom. The molecular formula is C19H18ClF4N3O7. The average Bonchev–Trinajstić information content (AvgIpc) is 2.75. The first kappa shape index (κ1) is 26.9. The van der Waals surface area contributed by atoms with Crippen LogP contribution in [0.5, 0.6) is 5.75 Å². The van der Waals surface area contributed by atoms with E-state index in [1.54, 1.807) is 0 Å². The number of esters is 1. The molecule has 1 heterocycles. The second-order valence-electron chi connectivity index (χ2n) is 6.82. The number of carbonyl (C=O) groups excluding carboxylic acids is 2. The van der Waals surface area contributed by atoms with E-state index in [2.05, 4.69) is 4.74 Å². The molecule has 0 saturated heterocycles. The Balaban J connectivity index is 2.43. The van der Waals surface area contributed by atoms with Crippen LogP contribution in [0.1, 0.15) is 19.0 Å². The van der Waals surface area contributed by atoms with Gasteiger partial charge >= 0.3 is 17.8 Å². The van der Waals surface area contributed by atoms with Crippen LogP contribution in [0.4, 0.5) is 17.6 Å². The van der Waals surface area contributed by atoms with E-state index < -0.39 is 69.9 Å². The van der Waals surface area contributed by atoms with Crippen molar-refractivity contribution in [2.45, 2.75) is 25.6 Å². The normalized spacial score (nSPS) is 12.3. The second-order valence-corrected chi connectivity index (χ2v) is 7.23. The largest absolute Gasteiger partial charge is 0.479 e. The second kappa shape index (κ2) is 10.3. The zero-order chi connectivity index (χ0) is 26.0. The first-order valence-electron chi connectivity index (χ1n) is 9.32. The third kappa shape index (κ3) is 5.75. The van der Waals surface area contributed by atoms with Crippen LogP contribution in [0.25, 0.3) is 5.69 Å². The minimum atomic E-state index is -5.02. The van der Waals surface area contributed by atoms with Gasteiger partial charge in [-0.05, 0) is 13.0 Å². The molecule has 0 saturated carbocycles. The molecule has 1 aromatic carbocycles. The molecule has 1 N–H and O–H groups in total. The minimum Gasteiger partial charge on any atom is -0.479 e. The van der Waals surface area contributed by atoms with Gasteiger partial charge in [-0.15, -0.1) is 0 Å². The van der Waals surface area contributed by atoms with Gasteiger partial charge in [-0.3, -0.25) is 24.2 Å². The Labute approximate surface area is 193 Å². The number of hydrogen-bond acceptors (Lipinski definition) is 7. The van der Waals surface area contributed by atoms with Gasteiger partial charge in [0.2, 0.25) is 0 Å². The maximum absolute atomic E-state index is 14.5. The number of halogens is 5. The van der Waals surface area contributed by atoms with Crippen molar-refractivity contribution < 1.29 is 41.8 Å². The molecule has 1 aromatic heterocycles. The molecule has 0 aliphatic rings. The SMILES string of the molecule is COC(=O)CCN(O)C(=O)C(C)Oc1cc(-n2c(=O)cc(C(F)(F)F)n(C)c2=O)c(F)cc1Cl. The van der Waals surface area contributed by atoms with Crippen LogP contribution >= 0.6 is 11.6 Å². The Kier molecular flexibility index (Phi) is 8.10. The number of methoxy groups -OCH3 is 1. The standard InChI is InChI=1S/C19H18ClF4N3O7/c1-9(17(30)26(32)5-4-16(29)33-3)34-13-7-12(11(21)6-10(13)20)27-15(28)8-14(19(22,23)24)25(2)18(27)31/h6-9,32H,4-5H2,1-3H3. The predicted octanol–water partition coefficient (Wildman–Crippen LogP) is 1.90. The van der Waals surface area contributed by atoms with Crippen LogP contribution in [0.15, 0.2) is 27.8 Å². The fraction of sp³-hybridized carbons (Fsp3) is 0.368. The summed E-state index contributed by atoms with van der Waals surface area (Å²) in [7, 11) is 1.86. The summed E-state index contributed by atoms with van der Waals surface area (Å²) in [6.45, 7) is 0.741. The van der Waals surface area contributed by atoms with Crippen LogP contribution < -0.4 is 16.0 Å². The van der Waals surface area contributed by atoms with E-state index in [0.717, 1.165) is 20.2 Å². The average molecular weight is 512 g/mol. The predicted molar refractivity (Wildman–Crippen MR) is 107 cm³/mol. The fourth-order valence-corrected chi connectivity index (χ4v) is 2.95. The number of benzene rings is 1. The van der Waals surface area contributed by atoms with Gasteiger partial charge in [0.1, 0.15) is 17.3 Å². The summed E-state index contributed by atoms with van der Waals surface area (Å²) < 4.78 is 63.6. The first-order valence-corrected chi connectivity index (χ1v) is 9.70. The van der Waals surface area contributed by atoms with Crippen molar-refractivity contribution in [1.82, 2.24) is 14.2 Å². The molecule has 0 radical (unpaired) electrons. The molecule has 34 heavy (non-hydrogen) atoms. The Morgan fingerprint density at radius 1 is 1.24 bits per heavy atom. The van der Waals surface area contributed by atoms with Crippen LogP contribution in [0.2, 0.25) is 5.02 Å². The van der Waals surface area contributed by atoms with E-state index in [0.29, 0.717) is 6.07 Å². The number of nitrogens with zero attached hydrogens (tertiary/aromatic N) is 3. The lowest BCUT2D eigenvalue weighted by molar-refractivity contribution is -0.174. The van der Waals surface area contributed by atoms with Crippen molar-refractivity contribution in [3.05, 3.63) is 55.6 Å². The number of rotatable bonds is 7. The van der Waals surface area contributed by atoms with E-state index in [9.17, 15) is 41.9 Å². The maximum atomic E-state index is 14.5. The maximum Gasteiger partial charge on any atom is 0.431 e. The van der Waals surface area contributed by atoms with E-state index in [1.165, 1.54) is 6.92 Å². The van der Waals surface area contributed by atoms with Crippen LogP contribution in [0.3, 0.4) is 0 Å². The van der Waals surface area contributed by atoms with Crippen molar-refractivity contribution in [2.24, 2.45) is 7.05 Å². The van der Waals surface area contributed by atoms with Gasteiger partial charge in [-0.2, -0.15) is 13.2 Å².